The number of ether oxygens (including phenoxy) is 1. The van der Waals surface area contributed by atoms with Gasteiger partial charge in [0.15, 0.2) is 11.5 Å². The minimum absolute atomic E-state index is 0.118. The highest BCUT2D eigenvalue weighted by atomic mass is 16.5. The molecule has 0 fully saturated rings. The fourth-order valence-electron chi connectivity index (χ4n) is 2.02. The molecule has 0 bridgehead atoms. The molecule has 0 aliphatic rings. The second-order valence-corrected chi connectivity index (χ2v) is 4.71. The predicted octanol–water partition coefficient (Wildman–Crippen LogP) is 0.438. The highest BCUT2D eigenvalue weighted by molar-refractivity contribution is 5.90. The van der Waals surface area contributed by atoms with E-state index < -0.39 is 0 Å². The second-order valence-electron chi connectivity index (χ2n) is 4.71. The first-order valence-corrected chi connectivity index (χ1v) is 6.69. The van der Waals surface area contributed by atoms with Crippen LogP contribution in [0.25, 0.3) is 5.65 Å². The number of hydrogen-bond acceptors (Lipinski definition) is 6. The van der Waals surface area contributed by atoms with E-state index in [0.29, 0.717) is 29.5 Å². The SMILES string of the molecule is COc1ccc2nnc(CCC(=O)Nc3cnn(C)c3)n2n1. The van der Waals surface area contributed by atoms with Crippen LogP contribution in [0.1, 0.15) is 12.2 Å². The summed E-state index contributed by atoms with van der Waals surface area (Å²) in [6.07, 6.45) is 4.02. The van der Waals surface area contributed by atoms with Crippen molar-refractivity contribution in [3.05, 3.63) is 30.4 Å². The maximum atomic E-state index is 11.9. The largest absolute Gasteiger partial charge is 0.480 e. The van der Waals surface area contributed by atoms with E-state index in [4.69, 9.17) is 4.74 Å². The van der Waals surface area contributed by atoms with Gasteiger partial charge in [-0.15, -0.1) is 15.3 Å². The fraction of sp³-hybridized carbons (Fsp3) is 0.308. The summed E-state index contributed by atoms with van der Waals surface area (Å²) in [5.41, 5.74) is 1.28. The first kappa shape index (κ1) is 14.0. The summed E-state index contributed by atoms with van der Waals surface area (Å²) >= 11 is 0. The number of aromatic nitrogens is 6. The van der Waals surface area contributed by atoms with Crippen molar-refractivity contribution in [1.82, 2.24) is 29.6 Å². The number of fused-ring (bicyclic) bond motifs is 1. The van der Waals surface area contributed by atoms with Gasteiger partial charge in [-0.1, -0.05) is 0 Å². The number of carbonyl (C=O) groups excluding carboxylic acids is 1. The van der Waals surface area contributed by atoms with Gasteiger partial charge in [-0.25, -0.2) is 0 Å². The molecule has 0 spiro atoms. The first-order chi connectivity index (χ1) is 10.7. The van der Waals surface area contributed by atoms with Gasteiger partial charge in [-0.3, -0.25) is 9.48 Å². The van der Waals surface area contributed by atoms with E-state index in [1.165, 1.54) is 0 Å². The molecule has 9 nitrogen and oxygen atoms in total. The molecular formula is C13H15N7O2. The zero-order chi connectivity index (χ0) is 15.5. The molecule has 1 N–H and O–H groups in total. The fourth-order valence-corrected chi connectivity index (χ4v) is 2.02. The monoisotopic (exact) mass is 301 g/mol. The minimum Gasteiger partial charge on any atom is -0.480 e. The van der Waals surface area contributed by atoms with Gasteiger partial charge < -0.3 is 10.1 Å². The average molecular weight is 301 g/mol. The van der Waals surface area contributed by atoms with E-state index >= 15 is 0 Å². The third-order valence-corrected chi connectivity index (χ3v) is 3.08. The molecule has 3 rings (SSSR count). The Morgan fingerprint density at radius 3 is 2.95 bits per heavy atom. The number of anilines is 1. The molecule has 114 valence electrons. The summed E-state index contributed by atoms with van der Waals surface area (Å²) in [7, 11) is 3.33. The number of methoxy groups -OCH3 is 1. The molecule has 0 atom stereocenters. The standard InChI is InChI=1S/C13H15N7O2/c1-19-8-9(7-14-19)15-12(21)5-3-10-16-17-11-4-6-13(22-2)18-20(10)11/h4,6-8H,3,5H2,1-2H3,(H,15,21). The van der Waals surface area contributed by atoms with Crippen LogP contribution in [0.3, 0.4) is 0 Å². The molecule has 22 heavy (non-hydrogen) atoms. The van der Waals surface area contributed by atoms with Crippen LogP contribution in [0.5, 0.6) is 5.88 Å². The van der Waals surface area contributed by atoms with Crippen LogP contribution < -0.4 is 10.1 Å². The topological polar surface area (TPSA) is 99.2 Å². The normalized spacial score (nSPS) is 10.8. The lowest BCUT2D eigenvalue weighted by atomic mass is 10.3. The van der Waals surface area contributed by atoms with Gasteiger partial charge in [0.1, 0.15) is 0 Å². The Morgan fingerprint density at radius 1 is 1.36 bits per heavy atom. The van der Waals surface area contributed by atoms with Crippen LogP contribution in [0, 0.1) is 0 Å². The zero-order valence-electron chi connectivity index (χ0n) is 12.2. The maximum Gasteiger partial charge on any atom is 0.231 e. The van der Waals surface area contributed by atoms with Crippen molar-refractivity contribution in [2.24, 2.45) is 7.05 Å². The summed E-state index contributed by atoms with van der Waals surface area (Å²) in [6, 6.07) is 3.47. The Balaban J connectivity index is 1.67. The molecule has 0 saturated heterocycles. The summed E-state index contributed by atoms with van der Waals surface area (Å²) in [4.78, 5) is 11.9. The molecule has 0 aromatic carbocycles. The van der Waals surface area contributed by atoms with E-state index in [1.807, 2.05) is 0 Å². The van der Waals surface area contributed by atoms with Gasteiger partial charge in [0.2, 0.25) is 11.8 Å². The molecule has 3 aromatic rings. The average Bonchev–Trinajstić information content (AvgIpc) is 3.10. The van der Waals surface area contributed by atoms with Gasteiger partial charge >= 0.3 is 0 Å². The van der Waals surface area contributed by atoms with E-state index in [2.05, 4.69) is 25.7 Å². The third-order valence-electron chi connectivity index (χ3n) is 3.08. The third kappa shape index (κ3) is 2.87. The molecule has 0 saturated carbocycles. The molecule has 3 heterocycles. The summed E-state index contributed by atoms with van der Waals surface area (Å²) in [6.45, 7) is 0. The molecule has 0 aliphatic carbocycles. The summed E-state index contributed by atoms with van der Waals surface area (Å²) in [5.74, 6) is 0.955. The van der Waals surface area contributed by atoms with E-state index in [0.717, 1.165) is 0 Å². The molecule has 0 radical (unpaired) electrons. The number of nitrogens with one attached hydrogen (secondary N) is 1. The highest BCUT2D eigenvalue weighted by Crippen LogP contribution is 2.10. The lowest BCUT2D eigenvalue weighted by Crippen LogP contribution is -2.13. The van der Waals surface area contributed by atoms with E-state index in [-0.39, 0.29) is 12.3 Å². The Kier molecular flexibility index (Phi) is 3.69. The van der Waals surface area contributed by atoms with Crippen molar-refractivity contribution >= 4 is 17.2 Å². The van der Waals surface area contributed by atoms with Crippen molar-refractivity contribution in [2.45, 2.75) is 12.8 Å². The number of aryl methyl sites for hydroxylation is 2. The van der Waals surface area contributed by atoms with Crippen LogP contribution in [-0.2, 0) is 18.3 Å². The van der Waals surface area contributed by atoms with Crippen LogP contribution in [-0.4, -0.2) is 42.6 Å². The van der Waals surface area contributed by atoms with Gasteiger partial charge in [-0.05, 0) is 6.07 Å². The van der Waals surface area contributed by atoms with E-state index in [9.17, 15) is 4.79 Å². The lowest BCUT2D eigenvalue weighted by Gasteiger charge is -2.02. The van der Waals surface area contributed by atoms with Crippen LogP contribution in [0.15, 0.2) is 24.5 Å². The number of carbonyl (C=O) groups is 1. The van der Waals surface area contributed by atoms with Crippen molar-refractivity contribution in [1.29, 1.82) is 0 Å². The second kappa shape index (κ2) is 5.80. The van der Waals surface area contributed by atoms with Gasteiger partial charge in [-0.2, -0.15) is 9.61 Å². The predicted molar refractivity (Wildman–Crippen MR) is 77.5 cm³/mol. The Hall–Kier alpha value is -2.97. The zero-order valence-corrected chi connectivity index (χ0v) is 12.2. The lowest BCUT2D eigenvalue weighted by molar-refractivity contribution is -0.116. The van der Waals surface area contributed by atoms with Crippen LogP contribution in [0.2, 0.25) is 0 Å². The number of nitrogens with zero attached hydrogens (tertiary/aromatic N) is 6. The van der Waals surface area contributed by atoms with E-state index in [1.54, 1.807) is 47.9 Å². The van der Waals surface area contributed by atoms with Crippen LogP contribution in [0.4, 0.5) is 5.69 Å². The molecular weight excluding hydrogens is 286 g/mol. The maximum absolute atomic E-state index is 11.9. The van der Waals surface area contributed by atoms with Gasteiger partial charge in [0.25, 0.3) is 0 Å². The smallest absolute Gasteiger partial charge is 0.231 e. The van der Waals surface area contributed by atoms with Crippen molar-refractivity contribution in [3.63, 3.8) is 0 Å². The van der Waals surface area contributed by atoms with Gasteiger partial charge in [0.05, 0.1) is 19.0 Å². The van der Waals surface area contributed by atoms with Gasteiger partial charge in [0, 0.05) is 32.2 Å². The molecule has 0 aliphatic heterocycles. The van der Waals surface area contributed by atoms with Crippen molar-refractivity contribution in [3.8, 4) is 5.88 Å². The Bertz CT molecular complexity index is 808. The minimum atomic E-state index is -0.118. The molecule has 3 aromatic heterocycles. The number of hydrogen-bond donors (Lipinski definition) is 1. The van der Waals surface area contributed by atoms with Crippen molar-refractivity contribution < 1.29 is 9.53 Å². The number of rotatable bonds is 5. The molecule has 9 heteroatoms. The quantitative estimate of drug-likeness (QED) is 0.734. The van der Waals surface area contributed by atoms with Crippen molar-refractivity contribution in [2.75, 3.05) is 12.4 Å². The first-order valence-electron chi connectivity index (χ1n) is 6.69. The number of amides is 1. The van der Waals surface area contributed by atoms with Crippen LogP contribution >= 0.6 is 0 Å². The Morgan fingerprint density at radius 2 is 2.23 bits per heavy atom. The Labute approximate surface area is 125 Å². The molecule has 0 unspecified atom stereocenters. The summed E-state index contributed by atoms with van der Waals surface area (Å²) in [5, 5.41) is 19.1. The molecule has 1 amide bonds. The summed E-state index contributed by atoms with van der Waals surface area (Å²) < 4.78 is 8.28. The highest BCUT2D eigenvalue weighted by Gasteiger charge is 2.11.